The van der Waals surface area contributed by atoms with E-state index in [2.05, 4.69) is 9.80 Å². The van der Waals surface area contributed by atoms with Crippen molar-refractivity contribution in [3.05, 3.63) is 68.9 Å². The van der Waals surface area contributed by atoms with Gasteiger partial charge in [0, 0.05) is 44.9 Å². The Morgan fingerprint density at radius 3 is 2.56 bits per heavy atom. The number of pyridine rings is 1. The second-order valence-electron chi connectivity index (χ2n) is 10.8. The molecule has 2 saturated heterocycles. The number of aromatic nitrogens is 1. The molecule has 2 aliphatic heterocycles. The fourth-order valence-electron chi connectivity index (χ4n) is 5.72. The summed E-state index contributed by atoms with van der Waals surface area (Å²) < 4.78 is 12.9. The number of esters is 1. The van der Waals surface area contributed by atoms with Crippen molar-refractivity contribution in [2.24, 2.45) is 5.73 Å². The molecule has 12 heteroatoms. The summed E-state index contributed by atoms with van der Waals surface area (Å²) in [5.74, 6) is -0.184. The van der Waals surface area contributed by atoms with Gasteiger partial charge in [0.2, 0.25) is 5.91 Å². The van der Waals surface area contributed by atoms with E-state index in [0.29, 0.717) is 47.3 Å². The van der Waals surface area contributed by atoms with Gasteiger partial charge in [-0.05, 0) is 67.9 Å². The van der Waals surface area contributed by atoms with Gasteiger partial charge in [-0.25, -0.2) is 4.79 Å². The molecule has 1 aromatic heterocycles. The fourth-order valence-corrected chi connectivity index (χ4v) is 6.13. The van der Waals surface area contributed by atoms with Crippen LogP contribution in [0.2, 0.25) is 10.0 Å². The highest BCUT2D eigenvalue weighted by atomic mass is 35.5. The van der Waals surface area contributed by atoms with Gasteiger partial charge in [-0.1, -0.05) is 29.3 Å². The Balaban J connectivity index is 1.10. The highest BCUT2D eigenvalue weighted by Gasteiger charge is 2.34. The molecule has 10 nitrogen and oxygen atoms in total. The highest BCUT2D eigenvalue weighted by Crippen LogP contribution is 2.33. The van der Waals surface area contributed by atoms with E-state index in [9.17, 15) is 14.4 Å². The second-order valence-corrected chi connectivity index (χ2v) is 11.6. The molecule has 3 aromatic rings. The quantitative estimate of drug-likeness (QED) is 0.252. The monoisotopic (exact) mass is 629 g/mol. The molecule has 0 bridgehead atoms. The number of anilines is 1. The summed E-state index contributed by atoms with van der Waals surface area (Å²) in [6.07, 6.45) is 3.10. The van der Waals surface area contributed by atoms with Crippen LogP contribution in [-0.2, 0) is 21.1 Å². The average Bonchev–Trinajstić information content (AvgIpc) is 3.52. The summed E-state index contributed by atoms with van der Waals surface area (Å²) in [5, 5.41) is 2.01. The lowest BCUT2D eigenvalue weighted by molar-refractivity contribution is -0.156. The average molecular weight is 631 g/mol. The lowest BCUT2D eigenvalue weighted by Crippen LogP contribution is -2.46. The molecule has 43 heavy (non-hydrogen) atoms. The number of carbonyl (C=O) groups excluding carboxylic acids is 2. The minimum absolute atomic E-state index is 0.160. The summed E-state index contributed by atoms with van der Waals surface area (Å²) in [7, 11) is 0. The number of unbranched alkanes of at least 4 members (excludes halogenated alkanes) is 1. The van der Waals surface area contributed by atoms with E-state index in [-0.39, 0.29) is 24.7 Å². The molecule has 2 aromatic carbocycles. The largest absolute Gasteiger partial charge is 0.494 e. The maximum absolute atomic E-state index is 12.8. The van der Waals surface area contributed by atoms with Crippen molar-refractivity contribution >= 4 is 51.7 Å². The Hall–Kier alpha value is -3.31. The first-order valence-electron chi connectivity index (χ1n) is 14.7. The summed E-state index contributed by atoms with van der Waals surface area (Å²) in [5.41, 5.74) is 6.78. The van der Waals surface area contributed by atoms with E-state index in [4.69, 9.17) is 38.4 Å². The van der Waals surface area contributed by atoms with Crippen LogP contribution in [0.5, 0.6) is 5.75 Å². The summed E-state index contributed by atoms with van der Waals surface area (Å²) in [4.78, 5) is 43.7. The Morgan fingerprint density at radius 1 is 0.977 bits per heavy atom. The van der Waals surface area contributed by atoms with Gasteiger partial charge in [0.15, 0.2) is 6.73 Å². The zero-order valence-corrected chi connectivity index (χ0v) is 25.6. The molecule has 1 unspecified atom stereocenters. The first-order chi connectivity index (χ1) is 20.9. The molecule has 1 amide bonds. The third kappa shape index (κ3) is 7.44. The van der Waals surface area contributed by atoms with Gasteiger partial charge in [-0.2, -0.15) is 0 Å². The fraction of sp³-hybridized carbons (Fsp3) is 0.452. The number of likely N-dealkylation sites (tertiary alicyclic amines) is 1. The molecular formula is C31H37Cl2N5O5. The van der Waals surface area contributed by atoms with Crippen LogP contribution in [0.3, 0.4) is 0 Å². The van der Waals surface area contributed by atoms with Crippen molar-refractivity contribution in [2.45, 2.75) is 38.5 Å². The number of rotatable bonds is 11. The molecular weight excluding hydrogens is 593 g/mol. The third-order valence-corrected chi connectivity index (χ3v) is 8.91. The maximum atomic E-state index is 12.8. The first kappa shape index (κ1) is 31.1. The van der Waals surface area contributed by atoms with Crippen LogP contribution in [0.15, 0.2) is 53.3 Å². The van der Waals surface area contributed by atoms with Crippen LogP contribution < -0.4 is 20.9 Å². The molecule has 3 heterocycles. The predicted molar refractivity (Wildman–Crippen MR) is 168 cm³/mol. The van der Waals surface area contributed by atoms with Gasteiger partial charge in [0.1, 0.15) is 11.8 Å². The number of halogens is 2. The smallest absolute Gasteiger partial charge is 0.330 e. The Kier molecular flexibility index (Phi) is 10.5. The van der Waals surface area contributed by atoms with E-state index in [1.807, 2.05) is 24.3 Å². The number of ether oxygens (including phenoxy) is 2. The lowest BCUT2D eigenvalue weighted by Gasteiger charge is -2.36. The van der Waals surface area contributed by atoms with Crippen molar-refractivity contribution < 1.29 is 19.1 Å². The summed E-state index contributed by atoms with van der Waals surface area (Å²) in [6, 6.07) is 13.8. The number of piperazine rings is 1. The minimum atomic E-state index is -0.675. The van der Waals surface area contributed by atoms with E-state index >= 15 is 0 Å². The Labute approximate surface area is 260 Å². The van der Waals surface area contributed by atoms with Crippen molar-refractivity contribution in [1.82, 2.24) is 14.4 Å². The Bertz CT molecular complexity index is 1510. The minimum Gasteiger partial charge on any atom is -0.494 e. The highest BCUT2D eigenvalue weighted by molar-refractivity contribution is 6.43. The van der Waals surface area contributed by atoms with Crippen LogP contribution in [0.1, 0.15) is 25.7 Å². The molecule has 230 valence electrons. The number of nitrogens with two attached hydrogens (primary N) is 1. The van der Waals surface area contributed by atoms with Gasteiger partial charge in [0.05, 0.1) is 34.4 Å². The van der Waals surface area contributed by atoms with Crippen molar-refractivity contribution in [3.8, 4) is 5.75 Å². The molecule has 2 aliphatic rings. The van der Waals surface area contributed by atoms with E-state index in [1.54, 1.807) is 18.2 Å². The van der Waals surface area contributed by atoms with Crippen LogP contribution >= 0.6 is 23.2 Å². The van der Waals surface area contributed by atoms with Gasteiger partial charge < -0.3 is 25.0 Å². The number of fused-ring (bicyclic) bond motifs is 1. The van der Waals surface area contributed by atoms with Crippen LogP contribution in [0.25, 0.3) is 10.9 Å². The number of hydrogen-bond donors (Lipinski definition) is 1. The molecule has 0 saturated carbocycles. The normalized spacial score (nSPS) is 17.4. The summed E-state index contributed by atoms with van der Waals surface area (Å²) in [6.45, 7) is 5.30. The van der Waals surface area contributed by atoms with E-state index in [1.165, 1.54) is 15.5 Å². The molecule has 0 radical (unpaired) electrons. The van der Waals surface area contributed by atoms with E-state index < -0.39 is 12.0 Å². The first-order valence-corrected chi connectivity index (χ1v) is 15.4. The Morgan fingerprint density at radius 2 is 1.77 bits per heavy atom. The molecule has 5 rings (SSSR count). The molecule has 1 atom stereocenters. The number of amides is 1. The number of hydrogen-bond acceptors (Lipinski definition) is 8. The van der Waals surface area contributed by atoms with Crippen LogP contribution in [-0.4, -0.2) is 84.7 Å². The standard InChI is InChI=1S/C31H37Cl2N5O5/c32-24-5-3-6-25(30(24)33)36-16-14-35(15-17-36)12-1-2-18-42-23-10-8-22-9-11-28(39)38(27(22)19-23)21-43-31(41)26-7-4-13-37(26)29(40)20-34/h3,5-6,8-11,19,26H,1-2,4,7,12-18,20-21,34H2. The summed E-state index contributed by atoms with van der Waals surface area (Å²) >= 11 is 12.6. The van der Waals surface area contributed by atoms with Crippen molar-refractivity contribution in [1.29, 1.82) is 0 Å². The van der Waals surface area contributed by atoms with Crippen LogP contribution in [0.4, 0.5) is 5.69 Å². The number of benzene rings is 2. The number of carbonyl (C=O) groups is 2. The zero-order chi connectivity index (χ0) is 30.3. The topological polar surface area (TPSA) is 110 Å². The lowest BCUT2D eigenvalue weighted by atomic mass is 10.2. The van der Waals surface area contributed by atoms with Gasteiger partial charge >= 0.3 is 5.97 Å². The van der Waals surface area contributed by atoms with Gasteiger partial charge in [-0.3, -0.25) is 19.1 Å². The molecule has 0 spiro atoms. The molecule has 2 N–H and O–H groups in total. The number of nitrogens with zero attached hydrogens (tertiary/aromatic N) is 4. The second kappa shape index (κ2) is 14.4. The maximum Gasteiger partial charge on any atom is 0.330 e. The predicted octanol–water partition coefficient (Wildman–Crippen LogP) is 3.74. The molecule has 2 fully saturated rings. The van der Waals surface area contributed by atoms with E-state index in [0.717, 1.165) is 56.6 Å². The van der Waals surface area contributed by atoms with Crippen LogP contribution in [0, 0.1) is 0 Å². The zero-order valence-electron chi connectivity index (χ0n) is 24.1. The van der Waals surface area contributed by atoms with Crippen molar-refractivity contribution in [2.75, 3.05) is 57.3 Å². The molecule has 0 aliphatic carbocycles. The SMILES string of the molecule is NCC(=O)N1CCCC1C(=O)OCn1c(=O)ccc2ccc(OCCCCN3CCN(c4cccc(Cl)c4Cl)CC3)cc21. The van der Waals surface area contributed by atoms with Crippen molar-refractivity contribution in [3.63, 3.8) is 0 Å². The third-order valence-electron chi connectivity index (χ3n) is 8.10. The van der Waals surface area contributed by atoms with Gasteiger partial charge in [0.25, 0.3) is 5.56 Å². The van der Waals surface area contributed by atoms with Gasteiger partial charge in [-0.15, -0.1) is 0 Å².